The van der Waals surface area contributed by atoms with Gasteiger partial charge in [-0.25, -0.2) is 0 Å². The lowest BCUT2D eigenvalue weighted by Gasteiger charge is -2.21. The third-order valence-electron chi connectivity index (χ3n) is 4.25. The zero-order chi connectivity index (χ0) is 16.4. The number of hydrogen-bond donors (Lipinski definition) is 0. The summed E-state index contributed by atoms with van der Waals surface area (Å²) in [6.07, 6.45) is 0.549. The first-order chi connectivity index (χ1) is 11.8. The van der Waals surface area contributed by atoms with E-state index in [4.69, 9.17) is 14.0 Å². The fourth-order valence-electron chi connectivity index (χ4n) is 3.10. The van der Waals surface area contributed by atoms with Gasteiger partial charge in [-0.05, 0) is 12.5 Å². The van der Waals surface area contributed by atoms with Crippen molar-refractivity contribution in [1.29, 1.82) is 0 Å². The molecule has 1 fully saturated rings. The summed E-state index contributed by atoms with van der Waals surface area (Å²) >= 11 is 0. The molecule has 4 heteroatoms. The number of aromatic nitrogens is 1. The quantitative estimate of drug-likeness (QED) is 0.718. The molecule has 1 saturated heterocycles. The SMILES string of the molecule is CC1(Cc2noc(-c3ccccc3)c2-c2ccccc2)OCCO1. The van der Waals surface area contributed by atoms with Crippen LogP contribution in [-0.4, -0.2) is 24.2 Å². The number of nitrogens with zero attached hydrogens (tertiary/aromatic N) is 1. The normalized spacial score (nSPS) is 16.4. The Morgan fingerprint density at radius 3 is 2.08 bits per heavy atom. The van der Waals surface area contributed by atoms with Crippen molar-refractivity contribution in [3.05, 3.63) is 66.4 Å². The second kappa shape index (κ2) is 6.23. The Balaban J connectivity index is 1.81. The highest BCUT2D eigenvalue weighted by Gasteiger charge is 2.34. The number of benzene rings is 2. The van der Waals surface area contributed by atoms with E-state index < -0.39 is 5.79 Å². The first-order valence-corrected chi connectivity index (χ1v) is 8.12. The molecule has 1 aliphatic rings. The van der Waals surface area contributed by atoms with E-state index in [0.29, 0.717) is 19.6 Å². The summed E-state index contributed by atoms with van der Waals surface area (Å²) in [7, 11) is 0. The fraction of sp³-hybridized carbons (Fsp3) is 0.250. The van der Waals surface area contributed by atoms with Crippen LogP contribution in [0.1, 0.15) is 12.6 Å². The van der Waals surface area contributed by atoms with E-state index in [2.05, 4.69) is 17.3 Å². The van der Waals surface area contributed by atoms with E-state index in [1.165, 1.54) is 0 Å². The molecule has 4 nitrogen and oxygen atoms in total. The van der Waals surface area contributed by atoms with Crippen LogP contribution in [0.15, 0.2) is 65.2 Å². The van der Waals surface area contributed by atoms with Crippen LogP contribution in [0.2, 0.25) is 0 Å². The van der Waals surface area contributed by atoms with Gasteiger partial charge in [-0.15, -0.1) is 0 Å². The fourth-order valence-corrected chi connectivity index (χ4v) is 3.10. The molecule has 0 amide bonds. The highest BCUT2D eigenvalue weighted by Crippen LogP contribution is 2.37. The van der Waals surface area contributed by atoms with Crippen molar-refractivity contribution < 1.29 is 14.0 Å². The monoisotopic (exact) mass is 321 g/mol. The van der Waals surface area contributed by atoms with Crippen LogP contribution in [-0.2, 0) is 15.9 Å². The second-order valence-electron chi connectivity index (χ2n) is 6.07. The maximum atomic E-state index is 5.75. The predicted molar refractivity (Wildman–Crippen MR) is 91.4 cm³/mol. The van der Waals surface area contributed by atoms with E-state index in [0.717, 1.165) is 28.1 Å². The molecule has 0 spiro atoms. The smallest absolute Gasteiger partial charge is 0.174 e. The Morgan fingerprint density at radius 1 is 0.875 bits per heavy atom. The molecule has 0 atom stereocenters. The largest absolute Gasteiger partial charge is 0.355 e. The average Bonchev–Trinajstić information content (AvgIpc) is 3.23. The Bertz CT molecular complexity index is 805. The van der Waals surface area contributed by atoms with Crippen LogP contribution in [0.4, 0.5) is 0 Å². The summed E-state index contributed by atoms with van der Waals surface area (Å²) in [5.74, 6) is 0.132. The Labute approximate surface area is 141 Å². The number of rotatable bonds is 4. The zero-order valence-electron chi connectivity index (χ0n) is 13.6. The van der Waals surface area contributed by atoms with Crippen LogP contribution in [0.5, 0.6) is 0 Å². The van der Waals surface area contributed by atoms with Crippen molar-refractivity contribution >= 4 is 0 Å². The van der Waals surface area contributed by atoms with Crippen LogP contribution in [0.3, 0.4) is 0 Å². The van der Waals surface area contributed by atoms with E-state index in [9.17, 15) is 0 Å². The third-order valence-corrected chi connectivity index (χ3v) is 4.25. The Kier molecular flexibility index (Phi) is 3.92. The maximum absolute atomic E-state index is 5.75. The molecular weight excluding hydrogens is 302 g/mol. The van der Waals surface area contributed by atoms with Gasteiger partial charge >= 0.3 is 0 Å². The van der Waals surface area contributed by atoms with Gasteiger partial charge in [0.25, 0.3) is 0 Å². The molecule has 0 unspecified atom stereocenters. The molecule has 24 heavy (non-hydrogen) atoms. The molecule has 0 saturated carbocycles. The summed E-state index contributed by atoms with van der Waals surface area (Å²) in [6, 6.07) is 20.2. The first-order valence-electron chi connectivity index (χ1n) is 8.12. The summed E-state index contributed by atoms with van der Waals surface area (Å²) < 4.78 is 17.2. The van der Waals surface area contributed by atoms with Gasteiger partial charge in [0.2, 0.25) is 0 Å². The minimum absolute atomic E-state index is 0.549. The molecule has 0 bridgehead atoms. The van der Waals surface area contributed by atoms with Crippen molar-refractivity contribution in [2.45, 2.75) is 19.1 Å². The van der Waals surface area contributed by atoms with Crippen molar-refractivity contribution in [3.63, 3.8) is 0 Å². The van der Waals surface area contributed by atoms with Gasteiger partial charge in [-0.1, -0.05) is 65.8 Å². The molecule has 122 valence electrons. The third kappa shape index (κ3) is 2.86. The van der Waals surface area contributed by atoms with E-state index >= 15 is 0 Å². The molecule has 2 aromatic carbocycles. The second-order valence-corrected chi connectivity index (χ2v) is 6.07. The molecule has 3 aromatic rings. The van der Waals surface area contributed by atoms with Gasteiger partial charge in [-0.3, -0.25) is 0 Å². The molecule has 1 aromatic heterocycles. The molecule has 4 rings (SSSR count). The number of ether oxygens (including phenoxy) is 2. The van der Waals surface area contributed by atoms with Crippen LogP contribution in [0.25, 0.3) is 22.5 Å². The number of hydrogen-bond acceptors (Lipinski definition) is 4. The molecule has 2 heterocycles. The van der Waals surface area contributed by atoms with Gasteiger partial charge in [0, 0.05) is 12.0 Å². The van der Waals surface area contributed by atoms with Crippen LogP contribution < -0.4 is 0 Å². The molecule has 1 aliphatic heterocycles. The van der Waals surface area contributed by atoms with Gasteiger partial charge in [0.15, 0.2) is 11.5 Å². The van der Waals surface area contributed by atoms with E-state index in [1.807, 2.05) is 55.5 Å². The van der Waals surface area contributed by atoms with Crippen molar-refractivity contribution in [1.82, 2.24) is 5.16 Å². The average molecular weight is 321 g/mol. The van der Waals surface area contributed by atoms with Gasteiger partial charge in [-0.2, -0.15) is 0 Å². The summed E-state index contributed by atoms with van der Waals surface area (Å²) in [4.78, 5) is 0. The summed E-state index contributed by atoms with van der Waals surface area (Å²) in [5, 5.41) is 4.34. The standard InChI is InChI=1S/C20H19NO3/c1-20(22-12-13-23-20)14-17-18(15-8-4-2-5-9-15)19(24-21-17)16-10-6-3-7-11-16/h2-11H,12-14H2,1H3. The highest BCUT2D eigenvalue weighted by molar-refractivity contribution is 5.81. The van der Waals surface area contributed by atoms with Crippen molar-refractivity contribution in [3.8, 4) is 22.5 Å². The van der Waals surface area contributed by atoms with Gasteiger partial charge in [0.1, 0.15) is 0 Å². The topological polar surface area (TPSA) is 44.5 Å². The maximum Gasteiger partial charge on any atom is 0.174 e. The van der Waals surface area contributed by atoms with E-state index in [-0.39, 0.29) is 0 Å². The van der Waals surface area contributed by atoms with Gasteiger partial charge < -0.3 is 14.0 Å². The summed E-state index contributed by atoms with van der Waals surface area (Å²) in [6.45, 7) is 3.17. The highest BCUT2D eigenvalue weighted by atomic mass is 16.7. The minimum Gasteiger partial charge on any atom is -0.355 e. The lowest BCUT2D eigenvalue weighted by atomic mass is 9.97. The lowest BCUT2D eigenvalue weighted by Crippen LogP contribution is -2.28. The molecule has 0 aliphatic carbocycles. The Morgan fingerprint density at radius 2 is 1.46 bits per heavy atom. The van der Waals surface area contributed by atoms with Crippen LogP contribution >= 0.6 is 0 Å². The van der Waals surface area contributed by atoms with Crippen LogP contribution in [0, 0.1) is 0 Å². The first kappa shape index (κ1) is 15.1. The lowest BCUT2D eigenvalue weighted by molar-refractivity contribution is -0.141. The molecule has 0 N–H and O–H groups in total. The molecule has 0 radical (unpaired) electrons. The molecular formula is C20H19NO3. The minimum atomic E-state index is -0.644. The predicted octanol–water partition coefficient (Wildman–Crippen LogP) is 4.31. The zero-order valence-corrected chi connectivity index (χ0v) is 13.6. The van der Waals surface area contributed by atoms with Gasteiger partial charge in [0.05, 0.1) is 24.5 Å². The summed E-state index contributed by atoms with van der Waals surface area (Å²) in [5.41, 5.74) is 3.94. The Hall–Kier alpha value is -2.43. The van der Waals surface area contributed by atoms with E-state index in [1.54, 1.807) is 0 Å². The van der Waals surface area contributed by atoms with Crippen molar-refractivity contribution in [2.24, 2.45) is 0 Å². The van der Waals surface area contributed by atoms with Crippen molar-refractivity contribution in [2.75, 3.05) is 13.2 Å².